The SMILES string of the molecule is Oc1ccc(CCCCCCCCCc2ccc(O)c(Cl)c2Cl)c(Cl)c1Cl. The number of phenols is 2. The Morgan fingerprint density at radius 2 is 0.815 bits per heavy atom. The molecule has 6 heteroatoms. The third-order valence-corrected chi connectivity index (χ3v) is 6.50. The van der Waals surface area contributed by atoms with E-state index >= 15 is 0 Å². The van der Waals surface area contributed by atoms with E-state index in [0.29, 0.717) is 10.0 Å². The largest absolute Gasteiger partial charge is 0.506 e. The number of rotatable bonds is 10. The van der Waals surface area contributed by atoms with Crippen LogP contribution in [0.4, 0.5) is 0 Å². The molecule has 148 valence electrons. The third kappa shape index (κ3) is 6.64. The summed E-state index contributed by atoms with van der Waals surface area (Å²) in [6, 6.07) is 6.86. The number of hydrogen-bond acceptors (Lipinski definition) is 2. The molecule has 0 aliphatic rings. The van der Waals surface area contributed by atoms with E-state index < -0.39 is 0 Å². The van der Waals surface area contributed by atoms with Crippen LogP contribution in [0.5, 0.6) is 11.5 Å². The van der Waals surface area contributed by atoms with Gasteiger partial charge in [0, 0.05) is 0 Å². The van der Waals surface area contributed by atoms with Crippen molar-refractivity contribution in [3.63, 3.8) is 0 Å². The van der Waals surface area contributed by atoms with Crippen molar-refractivity contribution in [3.8, 4) is 11.5 Å². The Hall–Kier alpha value is -0.800. The molecule has 0 heterocycles. The molecule has 2 aromatic carbocycles. The lowest BCUT2D eigenvalue weighted by molar-refractivity contribution is 0.475. The molecule has 0 spiro atoms. The fourth-order valence-corrected chi connectivity index (χ4v) is 3.94. The maximum absolute atomic E-state index is 9.51. The highest BCUT2D eigenvalue weighted by atomic mass is 35.5. The van der Waals surface area contributed by atoms with Gasteiger partial charge in [-0.1, -0.05) is 90.6 Å². The summed E-state index contributed by atoms with van der Waals surface area (Å²) in [5, 5.41) is 20.4. The standard InChI is InChI=1S/C21H24Cl4O2/c22-18-14(10-12-16(26)20(18)24)8-6-4-2-1-3-5-7-9-15-11-13-17(27)21(25)19(15)23/h10-13,26-27H,1-9H2. The first-order valence-corrected chi connectivity index (χ1v) is 10.7. The van der Waals surface area contributed by atoms with E-state index in [1.165, 1.54) is 19.3 Å². The van der Waals surface area contributed by atoms with Gasteiger partial charge in [0.2, 0.25) is 0 Å². The summed E-state index contributed by atoms with van der Waals surface area (Å²) in [6.45, 7) is 0. The van der Waals surface area contributed by atoms with Gasteiger partial charge in [-0.15, -0.1) is 0 Å². The molecular formula is C21H24Cl4O2. The number of benzene rings is 2. The summed E-state index contributed by atoms with van der Waals surface area (Å²) >= 11 is 24.2. The molecule has 2 rings (SSSR count). The van der Waals surface area contributed by atoms with Crippen molar-refractivity contribution in [2.24, 2.45) is 0 Å². The van der Waals surface area contributed by atoms with Gasteiger partial charge in [0.25, 0.3) is 0 Å². The number of aromatic hydroxyl groups is 2. The van der Waals surface area contributed by atoms with E-state index in [1.807, 2.05) is 12.1 Å². The van der Waals surface area contributed by atoms with Crippen molar-refractivity contribution in [2.45, 2.75) is 57.8 Å². The highest BCUT2D eigenvalue weighted by molar-refractivity contribution is 6.43. The van der Waals surface area contributed by atoms with Crippen LogP contribution in [0.3, 0.4) is 0 Å². The van der Waals surface area contributed by atoms with Crippen molar-refractivity contribution < 1.29 is 10.2 Å². The average Bonchev–Trinajstić information content (AvgIpc) is 2.66. The molecule has 0 saturated carbocycles. The van der Waals surface area contributed by atoms with Gasteiger partial charge >= 0.3 is 0 Å². The smallest absolute Gasteiger partial charge is 0.135 e. The fraction of sp³-hybridized carbons (Fsp3) is 0.429. The van der Waals surface area contributed by atoms with Crippen molar-refractivity contribution in [1.82, 2.24) is 0 Å². The summed E-state index contributed by atoms with van der Waals surface area (Å²) in [6.07, 6.45) is 9.74. The first kappa shape index (κ1) is 22.5. The Labute approximate surface area is 181 Å². The molecule has 2 aromatic rings. The zero-order valence-electron chi connectivity index (χ0n) is 15.1. The van der Waals surface area contributed by atoms with Crippen LogP contribution in [-0.4, -0.2) is 10.2 Å². The zero-order valence-corrected chi connectivity index (χ0v) is 18.1. The molecule has 0 radical (unpaired) electrons. The van der Waals surface area contributed by atoms with Crippen LogP contribution in [-0.2, 0) is 12.8 Å². The summed E-state index contributed by atoms with van der Waals surface area (Å²) < 4.78 is 0. The normalized spacial score (nSPS) is 11.1. The minimum Gasteiger partial charge on any atom is -0.506 e. The van der Waals surface area contributed by atoms with Crippen LogP contribution in [0, 0.1) is 0 Å². The molecule has 0 aliphatic heterocycles. The van der Waals surface area contributed by atoms with Crippen LogP contribution in [0.15, 0.2) is 24.3 Å². The highest BCUT2D eigenvalue weighted by Crippen LogP contribution is 2.35. The van der Waals surface area contributed by atoms with Gasteiger partial charge < -0.3 is 10.2 Å². The third-order valence-electron chi connectivity index (χ3n) is 4.68. The Morgan fingerprint density at radius 3 is 1.19 bits per heavy atom. The lowest BCUT2D eigenvalue weighted by atomic mass is 10.0. The van der Waals surface area contributed by atoms with Crippen LogP contribution < -0.4 is 0 Å². The molecule has 0 aliphatic carbocycles. The lowest BCUT2D eigenvalue weighted by Gasteiger charge is -2.08. The van der Waals surface area contributed by atoms with E-state index in [9.17, 15) is 10.2 Å². The van der Waals surface area contributed by atoms with Gasteiger partial charge in [-0.3, -0.25) is 0 Å². The van der Waals surface area contributed by atoms with Gasteiger partial charge in [0.1, 0.15) is 21.5 Å². The molecule has 0 saturated heterocycles. The number of unbranched alkanes of at least 4 members (excludes halogenated alkanes) is 6. The highest BCUT2D eigenvalue weighted by Gasteiger charge is 2.10. The van der Waals surface area contributed by atoms with Crippen molar-refractivity contribution >= 4 is 46.4 Å². The molecule has 27 heavy (non-hydrogen) atoms. The van der Waals surface area contributed by atoms with Gasteiger partial charge in [0.05, 0.1) is 10.0 Å². The first-order chi connectivity index (χ1) is 12.9. The fourth-order valence-electron chi connectivity index (χ4n) is 3.06. The first-order valence-electron chi connectivity index (χ1n) is 9.23. The average molecular weight is 450 g/mol. The summed E-state index contributed by atoms with van der Waals surface area (Å²) in [5.41, 5.74) is 1.98. The topological polar surface area (TPSA) is 40.5 Å². The lowest BCUT2D eigenvalue weighted by Crippen LogP contribution is -1.90. The second-order valence-electron chi connectivity index (χ2n) is 6.72. The van der Waals surface area contributed by atoms with E-state index in [2.05, 4.69) is 0 Å². The summed E-state index contributed by atoms with van der Waals surface area (Å²) in [4.78, 5) is 0. The quantitative estimate of drug-likeness (QED) is 0.358. The molecule has 2 nitrogen and oxygen atoms in total. The Bertz CT molecular complexity index is 699. The Balaban J connectivity index is 1.57. The molecule has 0 atom stereocenters. The Kier molecular flexibility index (Phi) is 9.38. The number of hydrogen-bond donors (Lipinski definition) is 2. The predicted molar refractivity (Wildman–Crippen MR) is 116 cm³/mol. The van der Waals surface area contributed by atoms with E-state index in [-0.39, 0.29) is 21.5 Å². The van der Waals surface area contributed by atoms with Gasteiger partial charge in [0.15, 0.2) is 0 Å². The second kappa shape index (κ2) is 11.3. The summed E-state index contributed by atoms with van der Waals surface area (Å²) in [5.74, 6) is 0.0579. The number of halogens is 4. The molecule has 0 unspecified atom stereocenters. The van der Waals surface area contributed by atoms with E-state index in [1.54, 1.807) is 12.1 Å². The van der Waals surface area contributed by atoms with Crippen molar-refractivity contribution in [2.75, 3.05) is 0 Å². The van der Waals surface area contributed by atoms with Crippen molar-refractivity contribution in [1.29, 1.82) is 0 Å². The monoisotopic (exact) mass is 448 g/mol. The maximum atomic E-state index is 9.51. The molecule has 0 fully saturated rings. The maximum Gasteiger partial charge on any atom is 0.135 e. The second-order valence-corrected chi connectivity index (χ2v) is 8.23. The molecule has 0 amide bonds. The Morgan fingerprint density at radius 1 is 0.481 bits per heavy atom. The summed E-state index contributed by atoms with van der Waals surface area (Å²) in [7, 11) is 0. The van der Waals surface area contributed by atoms with E-state index in [4.69, 9.17) is 46.4 Å². The van der Waals surface area contributed by atoms with Gasteiger partial charge in [-0.05, 0) is 48.9 Å². The van der Waals surface area contributed by atoms with Crippen LogP contribution in [0.25, 0.3) is 0 Å². The number of phenolic OH excluding ortho intramolecular Hbond substituents is 2. The number of aryl methyl sites for hydroxylation is 2. The van der Waals surface area contributed by atoms with Crippen LogP contribution in [0.2, 0.25) is 20.1 Å². The van der Waals surface area contributed by atoms with Crippen molar-refractivity contribution in [3.05, 3.63) is 55.5 Å². The molecule has 2 N–H and O–H groups in total. The van der Waals surface area contributed by atoms with Crippen LogP contribution in [0.1, 0.15) is 56.1 Å². The minimum atomic E-state index is 0.0290. The minimum absolute atomic E-state index is 0.0290. The van der Waals surface area contributed by atoms with Gasteiger partial charge in [-0.25, -0.2) is 0 Å². The van der Waals surface area contributed by atoms with Crippen LogP contribution >= 0.6 is 46.4 Å². The van der Waals surface area contributed by atoms with Gasteiger partial charge in [-0.2, -0.15) is 0 Å². The predicted octanol–water partition coefficient (Wildman–Crippen LogP) is 8.23. The van der Waals surface area contributed by atoms with E-state index in [0.717, 1.165) is 49.7 Å². The molecular weight excluding hydrogens is 426 g/mol. The zero-order chi connectivity index (χ0) is 19.8. The molecule has 0 aromatic heterocycles. The molecule has 0 bridgehead atoms.